The number of nitrogens with one attached hydrogen (secondary N) is 1. The van der Waals surface area contributed by atoms with Gasteiger partial charge in [-0.3, -0.25) is 9.59 Å². The lowest BCUT2D eigenvalue weighted by Crippen LogP contribution is -2.51. The van der Waals surface area contributed by atoms with Crippen LogP contribution in [0.15, 0.2) is 54.2 Å². The van der Waals surface area contributed by atoms with Gasteiger partial charge >= 0.3 is 0 Å². The van der Waals surface area contributed by atoms with Gasteiger partial charge in [-0.25, -0.2) is 0 Å². The molecule has 1 saturated heterocycles. The fraction of sp³-hybridized carbons (Fsp3) is 0.217. The molecule has 30 heavy (non-hydrogen) atoms. The monoisotopic (exact) mass is 422 g/mol. The Kier molecular flexibility index (Phi) is 5.50. The van der Waals surface area contributed by atoms with Gasteiger partial charge in [0, 0.05) is 42.1 Å². The van der Waals surface area contributed by atoms with E-state index in [-0.39, 0.29) is 17.5 Å². The summed E-state index contributed by atoms with van der Waals surface area (Å²) in [6, 6.07) is 15.1. The first-order valence-corrected chi connectivity index (χ1v) is 10.2. The van der Waals surface area contributed by atoms with E-state index in [1.54, 1.807) is 21.9 Å². The second-order valence-corrected chi connectivity index (χ2v) is 7.95. The zero-order chi connectivity index (χ0) is 21.3. The van der Waals surface area contributed by atoms with E-state index in [1.807, 2.05) is 49.4 Å². The average Bonchev–Trinajstić information content (AvgIpc) is 3.16. The molecule has 1 aliphatic rings. The lowest BCUT2D eigenvalue weighted by Gasteiger charge is -2.34. The molecule has 0 atom stereocenters. The molecule has 2 amide bonds. The minimum absolute atomic E-state index is 0.0855. The maximum absolute atomic E-state index is 12.9. The van der Waals surface area contributed by atoms with Gasteiger partial charge < -0.3 is 20.5 Å². The number of piperazine rings is 1. The second kappa shape index (κ2) is 8.24. The number of aromatic nitrogens is 1. The standard InChI is InChI=1S/C23H23ClN4O2/c1-15-3-2-4-16(11-15)12-19(25)22(29)27-7-9-28(10-8-27)23(30)21-14-17-13-18(24)5-6-20(17)26-21/h2-6,11-14,26H,7-10,25H2,1H3/b19-12-. The molecule has 0 aliphatic carbocycles. The van der Waals surface area contributed by atoms with Crippen molar-refractivity contribution < 1.29 is 9.59 Å². The number of nitrogens with zero attached hydrogens (tertiary/aromatic N) is 2. The molecule has 154 valence electrons. The fourth-order valence-corrected chi connectivity index (χ4v) is 3.87. The van der Waals surface area contributed by atoms with Crippen LogP contribution in [0.2, 0.25) is 5.02 Å². The molecular formula is C23H23ClN4O2. The van der Waals surface area contributed by atoms with Crippen molar-refractivity contribution in [3.8, 4) is 0 Å². The number of carbonyl (C=O) groups excluding carboxylic acids is 2. The number of aryl methyl sites for hydroxylation is 1. The van der Waals surface area contributed by atoms with Gasteiger partial charge in [-0.1, -0.05) is 41.4 Å². The van der Waals surface area contributed by atoms with Gasteiger partial charge in [-0.15, -0.1) is 0 Å². The Bertz CT molecular complexity index is 1140. The number of hydrogen-bond acceptors (Lipinski definition) is 3. The van der Waals surface area contributed by atoms with Gasteiger partial charge in [-0.2, -0.15) is 0 Å². The van der Waals surface area contributed by atoms with Gasteiger partial charge in [-0.05, 0) is 42.8 Å². The van der Waals surface area contributed by atoms with Crippen LogP contribution in [0.25, 0.3) is 17.0 Å². The minimum atomic E-state index is -0.205. The van der Waals surface area contributed by atoms with Crippen molar-refractivity contribution >= 4 is 40.4 Å². The van der Waals surface area contributed by atoms with Crippen LogP contribution in [0, 0.1) is 6.92 Å². The molecule has 6 nitrogen and oxygen atoms in total. The molecular weight excluding hydrogens is 400 g/mol. The number of aromatic amines is 1. The summed E-state index contributed by atoms with van der Waals surface area (Å²) >= 11 is 6.02. The van der Waals surface area contributed by atoms with Crippen LogP contribution in [-0.4, -0.2) is 52.8 Å². The summed E-state index contributed by atoms with van der Waals surface area (Å²) < 4.78 is 0. The first-order valence-electron chi connectivity index (χ1n) is 9.81. The van der Waals surface area contributed by atoms with Crippen LogP contribution >= 0.6 is 11.6 Å². The summed E-state index contributed by atoms with van der Waals surface area (Å²) in [7, 11) is 0. The van der Waals surface area contributed by atoms with Gasteiger partial charge in [0.2, 0.25) is 0 Å². The molecule has 7 heteroatoms. The van der Waals surface area contributed by atoms with Gasteiger partial charge in [0.1, 0.15) is 5.69 Å². The number of nitrogens with two attached hydrogens (primary N) is 1. The third-order valence-corrected chi connectivity index (χ3v) is 5.51. The first kappa shape index (κ1) is 20.0. The Labute approximate surface area is 179 Å². The maximum Gasteiger partial charge on any atom is 0.270 e. The van der Waals surface area contributed by atoms with E-state index in [0.29, 0.717) is 36.9 Å². The molecule has 2 aromatic carbocycles. The number of halogens is 1. The Morgan fingerprint density at radius 3 is 2.50 bits per heavy atom. The first-order chi connectivity index (χ1) is 14.4. The predicted molar refractivity (Wildman–Crippen MR) is 119 cm³/mol. The van der Waals surface area contributed by atoms with Crippen molar-refractivity contribution in [1.82, 2.24) is 14.8 Å². The number of rotatable bonds is 3. The molecule has 1 fully saturated rings. The van der Waals surface area contributed by atoms with Crippen molar-refractivity contribution in [1.29, 1.82) is 0 Å². The van der Waals surface area contributed by atoms with Crippen molar-refractivity contribution in [2.24, 2.45) is 5.73 Å². The van der Waals surface area contributed by atoms with E-state index in [4.69, 9.17) is 17.3 Å². The minimum Gasteiger partial charge on any atom is -0.394 e. The highest BCUT2D eigenvalue weighted by molar-refractivity contribution is 6.31. The van der Waals surface area contributed by atoms with Crippen LogP contribution < -0.4 is 5.73 Å². The van der Waals surface area contributed by atoms with Crippen molar-refractivity contribution in [3.05, 3.63) is 76.1 Å². The average molecular weight is 423 g/mol. The van der Waals surface area contributed by atoms with Crippen molar-refractivity contribution in [2.75, 3.05) is 26.2 Å². The summed E-state index contributed by atoms with van der Waals surface area (Å²) in [5, 5.41) is 1.53. The lowest BCUT2D eigenvalue weighted by atomic mass is 10.1. The van der Waals surface area contributed by atoms with E-state index in [9.17, 15) is 9.59 Å². The van der Waals surface area contributed by atoms with E-state index < -0.39 is 0 Å². The lowest BCUT2D eigenvalue weighted by molar-refractivity contribution is -0.128. The number of benzene rings is 2. The van der Waals surface area contributed by atoms with Crippen LogP contribution in [0.3, 0.4) is 0 Å². The molecule has 3 aromatic rings. The normalized spacial score (nSPS) is 14.9. The van der Waals surface area contributed by atoms with Crippen LogP contribution in [-0.2, 0) is 4.79 Å². The smallest absolute Gasteiger partial charge is 0.270 e. The van der Waals surface area contributed by atoms with Gasteiger partial charge in [0.15, 0.2) is 0 Å². The van der Waals surface area contributed by atoms with Gasteiger partial charge in [0.05, 0.1) is 5.70 Å². The summed E-state index contributed by atoms with van der Waals surface area (Å²) in [5.74, 6) is -0.290. The van der Waals surface area contributed by atoms with E-state index in [2.05, 4.69) is 4.98 Å². The van der Waals surface area contributed by atoms with Crippen LogP contribution in [0.5, 0.6) is 0 Å². The molecule has 1 aliphatic heterocycles. The summed E-state index contributed by atoms with van der Waals surface area (Å²) in [5.41, 5.74) is 9.64. The molecule has 2 heterocycles. The highest BCUT2D eigenvalue weighted by Gasteiger charge is 2.26. The molecule has 0 spiro atoms. The Balaban J connectivity index is 1.40. The Morgan fingerprint density at radius 1 is 1.03 bits per heavy atom. The second-order valence-electron chi connectivity index (χ2n) is 7.51. The summed E-state index contributed by atoms with van der Waals surface area (Å²) in [6.07, 6.45) is 1.70. The third kappa shape index (κ3) is 4.19. The Morgan fingerprint density at radius 2 is 1.77 bits per heavy atom. The zero-order valence-electron chi connectivity index (χ0n) is 16.7. The summed E-state index contributed by atoms with van der Waals surface area (Å²) in [6.45, 7) is 3.79. The number of amides is 2. The highest BCUT2D eigenvalue weighted by Crippen LogP contribution is 2.21. The van der Waals surface area contributed by atoms with E-state index >= 15 is 0 Å². The van der Waals surface area contributed by atoms with E-state index in [1.165, 1.54) is 0 Å². The van der Waals surface area contributed by atoms with Crippen LogP contribution in [0.4, 0.5) is 0 Å². The van der Waals surface area contributed by atoms with Gasteiger partial charge in [0.25, 0.3) is 11.8 Å². The largest absolute Gasteiger partial charge is 0.394 e. The van der Waals surface area contributed by atoms with Crippen LogP contribution in [0.1, 0.15) is 21.6 Å². The molecule has 0 radical (unpaired) electrons. The number of carbonyl (C=O) groups is 2. The highest BCUT2D eigenvalue weighted by atomic mass is 35.5. The van der Waals surface area contributed by atoms with Crippen molar-refractivity contribution in [3.63, 3.8) is 0 Å². The summed E-state index contributed by atoms with van der Waals surface area (Å²) in [4.78, 5) is 32.1. The molecule has 3 N–H and O–H groups in total. The molecule has 0 bridgehead atoms. The number of H-pyrrole nitrogens is 1. The third-order valence-electron chi connectivity index (χ3n) is 5.28. The van der Waals surface area contributed by atoms with E-state index in [0.717, 1.165) is 22.0 Å². The number of hydrogen-bond donors (Lipinski definition) is 2. The number of fused-ring (bicyclic) bond motifs is 1. The zero-order valence-corrected chi connectivity index (χ0v) is 17.4. The maximum atomic E-state index is 12.9. The quantitative estimate of drug-likeness (QED) is 0.634. The molecule has 0 unspecified atom stereocenters. The Hall–Kier alpha value is -3.25. The molecule has 1 aromatic heterocycles. The predicted octanol–water partition coefficient (Wildman–Crippen LogP) is 3.41. The molecule has 0 saturated carbocycles. The SMILES string of the molecule is Cc1cccc(/C=C(\N)C(=O)N2CCN(C(=O)c3cc4cc(Cl)ccc4[nH]3)CC2)c1. The topological polar surface area (TPSA) is 82.4 Å². The molecule has 4 rings (SSSR count). The fourth-order valence-electron chi connectivity index (χ4n) is 3.69. The van der Waals surface area contributed by atoms with Crippen molar-refractivity contribution in [2.45, 2.75) is 6.92 Å².